The number of esters is 1. The van der Waals surface area contributed by atoms with Crippen molar-refractivity contribution in [2.45, 2.75) is 117 Å². The van der Waals surface area contributed by atoms with Gasteiger partial charge in [-0.3, -0.25) is 4.79 Å². The van der Waals surface area contributed by atoms with Crippen LogP contribution in [-0.2, 0) is 56.3 Å². The third kappa shape index (κ3) is 8.37. The van der Waals surface area contributed by atoms with Gasteiger partial charge in [0.25, 0.3) is 20.0 Å². The fourth-order valence-electron chi connectivity index (χ4n) is 8.80. The Labute approximate surface area is 333 Å². The smallest absolute Gasteiger partial charge is 0.417 e. The minimum absolute atomic E-state index is 0.0133. The molecule has 2 unspecified atom stereocenters. The number of fused-ring (bicyclic) bond motifs is 1. The minimum atomic E-state index is -4.63. The summed E-state index contributed by atoms with van der Waals surface area (Å²) in [5.41, 5.74) is -8.18. The van der Waals surface area contributed by atoms with E-state index < -0.39 is 99.3 Å². The van der Waals surface area contributed by atoms with Crippen LogP contribution in [-0.4, -0.2) is 82.8 Å². The molecule has 3 heterocycles. The Morgan fingerprint density at radius 2 is 1.24 bits per heavy atom. The monoisotopic (exact) mass is 880 g/mol. The number of nitrogens with one attached hydrogen (secondary N) is 2. The highest BCUT2D eigenvalue weighted by Crippen LogP contribution is 2.59. The molecule has 322 valence electrons. The Morgan fingerprint density at radius 1 is 0.780 bits per heavy atom. The molecule has 1 aliphatic heterocycles. The fourth-order valence-corrected chi connectivity index (χ4v) is 11.4. The number of carbonyl (C=O) groups is 2. The van der Waals surface area contributed by atoms with Crippen molar-refractivity contribution in [1.82, 2.24) is 19.4 Å². The van der Waals surface area contributed by atoms with E-state index in [0.717, 1.165) is 12.1 Å². The molecule has 0 bridgehead atoms. The molecule has 59 heavy (non-hydrogen) atoms. The van der Waals surface area contributed by atoms with Crippen LogP contribution in [0, 0.1) is 11.8 Å². The van der Waals surface area contributed by atoms with E-state index in [9.17, 15) is 63.0 Å². The Balaban J connectivity index is 0.000000211. The number of hydrogen-bond acceptors (Lipinski definition) is 13. The van der Waals surface area contributed by atoms with Crippen molar-refractivity contribution in [3.63, 3.8) is 0 Å². The molecule has 0 amide bonds. The van der Waals surface area contributed by atoms with Crippen molar-refractivity contribution in [1.29, 1.82) is 0 Å². The summed E-state index contributed by atoms with van der Waals surface area (Å²) in [6, 6.07) is 2.86. The molecule has 4 N–H and O–H groups in total. The fraction of sp³-hybridized carbons (Fsp3) is 0.528. The molecule has 0 radical (unpaired) electrons. The van der Waals surface area contributed by atoms with Crippen molar-refractivity contribution in [2.75, 3.05) is 0 Å². The van der Waals surface area contributed by atoms with Crippen LogP contribution >= 0.6 is 0 Å². The Bertz CT molecular complexity index is 2350. The van der Waals surface area contributed by atoms with Gasteiger partial charge in [-0.2, -0.15) is 35.9 Å². The summed E-state index contributed by atoms with van der Waals surface area (Å²) >= 11 is 0. The third-order valence-electron chi connectivity index (χ3n) is 11.4. The molecule has 2 aromatic rings. The third-order valence-corrected chi connectivity index (χ3v) is 14.5. The molecule has 2 aromatic heterocycles. The highest BCUT2D eigenvalue weighted by atomic mass is 32.2. The number of aromatic nitrogens is 2. The summed E-state index contributed by atoms with van der Waals surface area (Å²) in [5, 5.41) is 20.8. The summed E-state index contributed by atoms with van der Waals surface area (Å²) in [7, 11) is -8.49. The minimum Gasteiger partial charge on any atom is -0.452 e. The maximum Gasteiger partial charge on any atom is 0.417 e. The lowest BCUT2D eigenvalue weighted by Crippen LogP contribution is -2.57. The van der Waals surface area contributed by atoms with Crippen molar-refractivity contribution < 1.29 is 77.3 Å². The molecule has 5 aliphatic rings. The van der Waals surface area contributed by atoms with Crippen molar-refractivity contribution >= 4 is 38.0 Å². The number of alkyl halides is 6. The predicted molar refractivity (Wildman–Crippen MR) is 187 cm³/mol. The molecule has 4 aliphatic carbocycles. The first-order chi connectivity index (χ1) is 26.9. The number of hydrogen-bond donors (Lipinski definition) is 4. The van der Waals surface area contributed by atoms with E-state index in [2.05, 4.69) is 19.4 Å². The van der Waals surface area contributed by atoms with Crippen LogP contribution in [0.4, 0.5) is 26.3 Å². The molecule has 2 saturated carbocycles. The van der Waals surface area contributed by atoms with E-state index >= 15 is 0 Å². The van der Waals surface area contributed by atoms with E-state index in [1.54, 1.807) is 27.7 Å². The van der Waals surface area contributed by atoms with Crippen LogP contribution in [0.5, 0.6) is 0 Å². The first-order valence-electron chi connectivity index (χ1n) is 17.7. The number of ether oxygens (including phenoxy) is 1. The normalized spacial score (nSPS) is 32.5. The van der Waals surface area contributed by atoms with E-state index in [1.807, 2.05) is 0 Å². The van der Waals surface area contributed by atoms with Gasteiger partial charge in [-0.05, 0) is 95.6 Å². The van der Waals surface area contributed by atoms with Gasteiger partial charge in [0, 0.05) is 35.8 Å². The number of nitrogens with zero attached hydrogens (tertiary/aromatic N) is 2. The van der Waals surface area contributed by atoms with Crippen LogP contribution in [0.15, 0.2) is 70.0 Å². The summed E-state index contributed by atoms with van der Waals surface area (Å²) < 4.78 is 137. The average molecular weight is 881 g/mol. The number of Topliss-reactive ketones (excluding diaryl/α,β-unsaturated/α-hetero) is 1. The lowest BCUT2D eigenvalue weighted by Gasteiger charge is -2.43. The van der Waals surface area contributed by atoms with E-state index in [4.69, 9.17) is 14.3 Å². The second kappa shape index (κ2) is 15.0. The molecular formula is C36H38F6N4O11S2. The number of carbonyl (C=O) groups excluding carboxylic acids is 4. The molecule has 15 nitrogen and oxygen atoms in total. The Hall–Kier alpha value is -4.38. The molecule has 1 saturated heterocycles. The lowest BCUT2D eigenvalue weighted by atomic mass is 9.68. The Morgan fingerprint density at radius 3 is 1.68 bits per heavy atom. The molecule has 0 spiro atoms. The number of rotatable bonds is 6. The van der Waals surface area contributed by atoms with E-state index in [-0.39, 0.29) is 36.8 Å². The van der Waals surface area contributed by atoms with Gasteiger partial charge in [-0.25, -0.2) is 41.0 Å². The number of sulfonamides is 2. The summed E-state index contributed by atoms with van der Waals surface area (Å²) in [4.78, 5) is 47.5. The van der Waals surface area contributed by atoms with E-state index in [0.29, 0.717) is 49.4 Å². The van der Waals surface area contributed by atoms with Crippen molar-refractivity contribution in [3.8, 4) is 0 Å². The quantitative estimate of drug-likeness (QED) is 0.185. The second-order valence-electron chi connectivity index (χ2n) is 15.7. The van der Waals surface area contributed by atoms with Crippen LogP contribution in [0.1, 0.15) is 77.3 Å². The van der Waals surface area contributed by atoms with Gasteiger partial charge in [0.05, 0.1) is 16.7 Å². The summed E-state index contributed by atoms with van der Waals surface area (Å²) in [6.07, 6.45) is -3.22. The zero-order valence-electron chi connectivity index (χ0n) is 31.6. The number of halogens is 6. The highest BCUT2D eigenvalue weighted by molar-refractivity contribution is 7.89. The average Bonchev–Trinajstić information content (AvgIpc) is 3.62. The molecule has 7 rings (SSSR count). The van der Waals surface area contributed by atoms with Crippen LogP contribution in [0.25, 0.3) is 0 Å². The Kier molecular flexibility index (Phi) is 11.6. The van der Waals surface area contributed by atoms with Crippen LogP contribution in [0.2, 0.25) is 0 Å². The van der Waals surface area contributed by atoms with E-state index in [1.165, 1.54) is 12.2 Å². The predicted octanol–water partition coefficient (Wildman–Crippen LogP) is 3.54. The SMILES string of the molecule is CC1=C[C@](C)(NS(=O)(=O)c2ccc(C(F)(F)F)cn2)CC2CCC(=O)[C@@]12O.C[C@]1(NS(=O)(=O)c2ccc(C(F)(F)F)cn2)C=C2C(=O)O[C@]3(C)CCC(C1)[C@]23O.O=C=O. The second-order valence-corrected chi connectivity index (χ2v) is 19.0. The largest absolute Gasteiger partial charge is 0.452 e. The molecule has 7 atom stereocenters. The van der Waals surface area contributed by atoms with Gasteiger partial charge >= 0.3 is 24.5 Å². The first kappa shape index (κ1) is 45.7. The first-order valence-corrected chi connectivity index (χ1v) is 20.6. The lowest BCUT2D eigenvalue weighted by molar-refractivity contribution is -0.191. The zero-order chi connectivity index (χ0) is 44.4. The van der Waals surface area contributed by atoms with Crippen LogP contribution in [0.3, 0.4) is 0 Å². The molecule has 0 aromatic carbocycles. The highest BCUT2D eigenvalue weighted by Gasteiger charge is 2.70. The summed E-state index contributed by atoms with van der Waals surface area (Å²) in [5.74, 6) is -1.82. The molecular weight excluding hydrogens is 843 g/mol. The topological polar surface area (TPSA) is 236 Å². The molecule has 3 fully saturated rings. The number of pyridine rings is 2. The van der Waals surface area contributed by atoms with Gasteiger partial charge in [-0.15, -0.1) is 0 Å². The number of aliphatic hydroxyl groups is 2. The number of ketones is 1. The van der Waals surface area contributed by atoms with Gasteiger partial charge in [0.1, 0.15) is 16.8 Å². The maximum absolute atomic E-state index is 12.7. The van der Waals surface area contributed by atoms with Crippen molar-refractivity contribution in [3.05, 3.63) is 71.1 Å². The summed E-state index contributed by atoms with van der Waals surface area (Å²) in [6.45, 7) is 6.37. The van der Waals surface area contributed by atoms with Crippen molar-refractivity contribution in [2.24, 2.45) is 11.8 Å². The van der Waals surface area contributed by atoms with Gasteiger partial charge in [-0.1, -0.05) is 12.2 Å². The van der Waals surface area contributed by atoms with Gasteiger partial charge < -0.3 is 14.9 Å². The zero-order valence-corrected chi connectivity index (χ0v) is 33.2. The van der Waals surface area contributed by atoms with Gasteiger partial charge in [0.15, 0.2) is 15.8 Å². The maximum atomic E-state index is 12.7. The van der Waals surface area contributed by atoms with Gasteiger partial charge in [0.2, 0.25) is 0 Å². The molecule has 23 heteroatoms. The van der Waals surface area contributed by atoms with Crippen LogP contribution < -0.4 is 9.44 Å². The standard InChI is InChI=1S/C18H19F3N2O5S.C17H19F3N2O4S.CO2/c1-15(23-29(26,27)13-4-3-11(9-22-13)18(19,20)21)7-10-5-6-16(2)17(10,25)12(8-15)14(24)28-16;1-10-7-15(2,8-11-3-5-13(23)16(10,11)24)22-27(25,26)14-6-4-12(9-21-14)17(18,19)20;2-1-3/h3-4,8-10,23,25H,5-7H2,1-2H3;4,6-7,9,11,22,24H,3,5,8H2,1-2H3;/t10?,15-,16-,17+;11?,15-,16+;/m10./s1.